The number of benzene rings is 1. The molecule has 1 saturated carbocycles. The first-order valence-corrected chi connectivity index (χ1v) is 7.20. The van der Waals surface area contributed by atoms with Crippen molar-refractivity contribution in [3.8, 4) is 0 Å². The average molecular weight is 278 g/mol. The Morgan fingerprint density at radius 3 is 2.75 bits per heavy atom. The van der Waals surface area contributed by atoms with Gasteiger partial charge >= 0.3 is 0 Å². The molecule has 2 aliphatic rings. The molecule has 1 atom stereocenters. The molecule has 1 unspecified atom stereocenters. The number of hydrogen-bond acceptors (Lipinski definition) is 3. The first kappa shape index (κ1) is 13.4. The molecular weight excluding hydrogens is 259 g/mol. The van der Waals surface area contributed by atoms with Crippen LogP contribution in [0.1, 0.15) is 44.3 Å². The highest BCUT2D eigenvalue weighted by molar-refractivity contribution is 6.02. The van der Waals surface area contributed by atoms with Crippen molar-refractivity contribution in [3.63, 3.8) is 0 Å². The minimum absolute atomic E-state index is 0.332. The fraction of sp³-hybridized carbons (Fsp3) is 0.533. The number of fused-ring (bicyclic) bond motifs is 1. The lowest BCUT2D eigenvalue weighted by atomic mass is 10.1. The van der Waals surface area contributed by atoms with E-state index < -0.39 is 12.0 Å². The first-order valence-electron chi connectivity index (χ1n) is 7.20. The highest BCUT2D eigenvalue weighted by Crippen LogP contribution is 2.38. The molecule has 20 heavy (non-hydrogen) atoms. The summed E-state index contributed by atoms with van der Waals surface area (Å²) in [4.78, 5) is 13.5. The molecule has 3 rings (SSSR count). The van der Waals surface area contributed by atoms with Crippen LogP contribution >= 0.6 is 0 Å². The van der Waals surface area contributed by atoms with E-state index in [0.29, 0.717) is 23.0 Å². The number of anilines is 2. The van der Waals surface area contributed by atoms with E-state index in [4.69, 9.17) is 0 Å². The quantitative estimate of drug-likeness (QED) is 0.893. The van der Waals surface area contributed by atoms with E-state index in [1.807, 2.05) is 6.92 Å². The number of nitrogens with one attached hydrogen (secondary N) is 1. The Morgan fingerprint density at radius 2 is 2.10 bits per heavy atom. The molecule has 1 amide bonds. The topological polar surface area (TPSA) is 52.6 Å². The lowest BCUT2D eigenvalue weighted by Gasteiger charge is -2.30. The van der Waals surface area contributed by atoms with Crippen LogP contribution in [-0.2, 0) is 4.79 Å². The lowest BCUT2D eigenvalue weighted by Crippen LogP contribution is -2.33. The van der Waals surface area contributed by atoms with Crippen LogP contribution in [0.15, 0.2) is 12.1 Å². The van der Waals surface area contributed by atoms with Crippen LogP contribution < -0.4 is 10.2 Å². The highest BCUT2D eigenvalue weighted by Gasteiger charge is 2.32. The lowest BCUT2D eigenvalue weighted by molar-refractivity contribution is -0.123. The van der Waals surface area contributed by atoms with Crippen LogP contribution in [0.5, 0.6) is 0 Å². The van der Waals surface area contributed by atoms with E-state index in [1.54, 1.807) is 6.07 Å². The molecule has 1 aliphatic carbocycles. The van der Waals surface area contributed by atoms with Crippen LogP contribution in [0.25, 0.3) is 0 Å². The molecule has 5 heteroatoms. The fourth-order valence-corrected chi connectivity index (χ4v) is 3.32. The first-order chi connectivity index (χ1) is 9.61. The summed E-state index contributed by atoms with van der Waals surface area (Å²) < 4.78 is 14.3. The van der Waals surface area contributed by atoms with Crippen molar-refractivity contribution in [1.82, 2.24) is 0 Å². The van der Waals surface area contributed by atoms with E-state index >= 15 is 0 Å². The van der Waals surface area contributed by atoms with Gasteiger partial charge in [0.1, 0.15) is 5.82 Å². The molecule has 1 heterocycles. The van der Waals surface area contributed by atoms with Gasteiger partial charge in [-0.05, 0) is 31.9 Å². The number of amides is 1. The Labute approximate surface area is 117 Å². The third-order valence-corrected chi connectivity index (χ3v) is 4.34. The Hall–Kier alpha value is -1.62. The highest BCUT2D eigenvalue weighted by atomic mass is 19.1. The number of hydrogen-bond donors (Lipinski definition) is 2. The van der Waals surface area contributed by atoms with Crippen molar-refractivity contribution in [2.45, 2.75) is 44.8 Å². The number of aliphatic hydroxyl groups excluding tert-OH is 1. The number of carbonyl (C=O) groups is 1. The molecular formula is C15H19FN2O2. The predicted octanol–water partition coefficient (Wildman–Crippen LogP) is 2.58. The van der Waals surface area contributed by atoms with Crippen molar-refractivity contribution >= 4 is 17.3 Å². The molecule has 4 nitrogen and oxygen atoms in total. The van der Waals surface area contributed by atoms with Gasteiger partial charge in [-0.15, -0.1) is 0 Å². The maximum atomic E-state index is 14.3. The zero-order chi connectivity index (χ0) is 14.3. The smallest absolute Gasteiger partial charge is 0.257 e. The van der Waals surface area contributed by atoms with Crippen molar-refractivity contribution in [2.24, 2.45) is 0 Å². The molecule has 0 spiro atoms. The summed E-state index contributed by atoms with van der Waals surface area (Å²) in [7, 11) is 0. The fourth-order valence-electron chi connectivity index (χ4n) is 3.32. The predicted molar refractivity (Wildman–Crippen MR) is 75.3 cm³/mol. The molecule has 0 saturated heterocycles. The second-order valence-corrected chi connectivity index (χ2v) is 5.51. The second kappa shape index (κ2) is 5.05. The van der Waals surface area contributed by atoms with Crippen LogP contribution in [0.3, 0.4) is 0 Å². The van der Waals surface area contributed by atoms with E-state index in [0.717, 1.165) is 19.4 Å². The Kier molecular flexibility index (Phi) is 3.38. The second-order valence-electron chi connectivity index (χ2n) is 5.51. The molecule has 2 N–H and O–H groups in total. The van der Waals surface area contributed by atoms with Gasteiger partial charge in [-0.1, -0.05) is 12.8 Å². The third kappa shape index (κ3) is 2.06. The number of nitrogens with zero attached hydrogens (tertiary/aromatic N) is 1. The molecule has 1 aromatic carbocycles. The normalized spacial score (nSPS) is 21.9. The standard InChI is InChI=1S/C15H19FN2O2/c1-2-18(9-5-3-4-6-9)13-8-12-10(7-11(13)16)14(19)15(20)17-12/h7-9,14,19H,2-6H2,1H3,(H,17,20). The van der Waals surface area contributed by atoms with E-state index in [-0.39, 0.29) is 5.82 Å². The van der Waals surface area contributed by atoms with Gasteiger partial charge in [0.25, 0.3) is 5.91 Å². The summed E-state index contributed by atoms with van der Waals surface area (Å²) in [6, 6.07) is 3.31. The summed E-state index contributed by atoms with van der Waals surface area (Å²) >= 11 is 0. The van der Waals surface area contributed by atoms with Gasteiger partial charge in [0.15, 0.2) is 6.10 Å². The van der Waals surface area contributed by atoms with Gasteiger partial charge in [-0.3, -0.25) is 4.79 Å². The minimum Gasteiger partial charge on any atom is -0.378 e. The van der Waals surface area contributed by atoms with Gasteiger partial charge in [-0.2, -0.15) is 0 Å². The maximum Gasteiger partial charge on any atom is 0.257 e. The molecule has 108 valence electrons. The number of rotatable bonds is 3. The molecule has 1 aliphatic heterocycles. The minimum atomic E-state index is -1.25. The summed E-state index contributed by atoms with van der Waals surface area (Å²) in [6.45, 7) is 2.75. The Balaban J connectivity index is 1.98. The zero-order valence-corrected chi connectivity index (χ0v) is 11.5. The average Bonchev–Trinajstić information content (AvgIpc) is 3.03. The largest absolute Gasteiger partial charge is 0.378 e. The van der Waals surface area contributed by atoms with Crippen LogP contribution in [-0.4, -0.2) is 23.6 Å². The summed E-state index contributed by atoms with van der Waals surface area (Å²) in [5.74, 6) is -0.853. The van der Waals surface area contributed by atoms with Gasteiger partial charge in [0.05, 0.1) is 5.69 Å². The summed E-state index contributed by atoms with van der Waals surface area (Å²) in [5, 5.41) is 12.3. The van der Waals surface area contributed by atoms with Crippen molar-refractivity contribution < 1.29 is 14.3 Å². The molecule has 0 radical (unpaired) electrons. The molecule has 1 aromatic rings. The third-order valence-electron chi connectivity index (χ3n) is 4.34. The van der Waals surface area contributed by atoms with Crippen molar-refractivity contribution in [2.75, 3.05) is 16.8 Å². The van der Waals surface area contributed by atoms with E-state index in [1.165, 1.54) is 18.9 Å². The zero-order valence-electron chi connectivity index (χ0n) is 11.5. The Bertz CT molecular complexity index is 541. The van der Waals surface area contributed by atoms with Gasteiger partial charge in [0, 0.05) is 23.8 Å². The summed E-state index contributed by atoms with van der Waals surface area (Å²) in [6.07, 6.45) is 3.28. The molecule has 0 aromatic heterocycles. The SMILES string of the molecule is CCN(c1cc2c(cc1F)C(O)C(=O)N2)C1CCCC1. The van der Waals surface area contributed by atoms with Crippen LogP contribution in [0.2, 0.25) is 0 Å². The monoisotopic (exact) mass is 278 g/mol. The van der Waals surface area contributed by atoms with Gasteiger partial charge in [0.2, 0.25) is 0 Å². The van der Waals surface area contributed by atoms with Crippen molar-refractivity contribution in [1.29, 1.82) is 0 Å². The number of carbonyl (C=O) groups excluding carboxylic acids is 1. The Morgan fingerprint density at radius 1 is 1.40 bits per heavy atom. The van der Waals surface area contributed by atoms with Crippen LogP contribution in [0.4, 0.5) is 15.8 Å². The summed E-state index contributed by atoms with van der Waals surface area (Å²) in [5.41, 5.74) is 1.38. The van der Waals surface area contributed by atoms with E-state index in [2.05, 4.69) is 10.2 Å². The van der Waals surface area contributed by atoms with Gasteiger partial charge in [-0.25, -0.2) is 4.39 Å². The van der Waals surface area contributed by atoms with Gasteiger partial charge < -0.3 is 15.3 Å². The van der Waals surface area contributed by atoms with E-state index in [9.17, 15) is 14.3 Å². The van der Waals surface area contributed by atoms with Crippen LogP contribution in [0, 0.1) is 5.82 Å². The number of halogens is 1. The maximum absolute atomic E-state index is 14.3. The number of aliphatic hydroxyl groups is 1. The molecule has 1 fully saturated rings. The molecule has 0 bridgehead atoms. The van der Waals surface area contributed by atoms with Crippen molar-refractivity contribution in [3.05, 3.63) is 23.5 Å².